The molecule has 140 valence electrons. The lowest BCUT2D eigenvalue weighted by Gasteiger charge is -2.23. The molecular formula is C18H18N4O4S. The first-order chi connectivity index (χ1) is 13.1. The molecule has 1 saturated heterocycles. The van der Waals surface area contributed by atoms with Crippen LogP contribution in [-0.4, -0.2) is 41.8 Å². The van der Waals surface area contributed by atoms with Crippen LogP contribution in [0.2, 0.25) is 0 Å². The molecule has 2 aromatic rings. The molecule has 2 heterocycles. The van der Waals surface area contributed by atoms with Crippen molar-refractivity contribution in [2.45, 2.75) is 12.1 Å². The van der Waals surface area contributed by atoms with Crippen LogP contribution in [0, 0.1) is 12.3 Å². The van der Waals surface area contributed by atoms with Gasteiger partial charge in [-0.2, -0.15) is 0 Å². The summed E-state index contributed by atoms with van der Waals surface area (Å²) in [4.78, 5) is 28.0. The topological polar surface area (TPSA) is 113 Å². The summed E-state index contributed by atoms with van der Waals surface area (Å²) < 4.78 is 5.48. The molecule has 9 heteroatoms. The van der Waals surface area contributed by atoms with E-state index in [0.717, 1.165) is 0 Å². The number of hydrogen-bond acceptors (Lipinski definition) is 6. The molecule has 4 N–H and O–H groups in total. The number of urea groups is 1. The number of hydrogen-bond donors (Lipinski definition) is 4. The summed E-state index contributed by atoms with van der Waals surface area (Å²) in [5.74, 6) is 2.56. The molecule has 0 saturated carbocycles. The summed E-state index contributed by atoms with van der Waals surface area (Å²) in [6, 6.07) is 5.83. The van der Waals surface area contributed by atoms with E-state index in [1.54, 1.807) is 29.6 Å². The average molecular weight is 386 g/mol. The zero-order valence-electron chi connectivity index (χ0n) is 14.3. The van der Waals surface area contributed by atoms with E-state index in [1.165, 1.54) is 11.3 Å². The Morgan fingerprint density at radius 3 is 2.89 bits per heavy atom. The standard InChI is InChI=1S/C18H18N4O4S/c1-2-15-21-14(10-27-15)22-18(25)20-13(9-23)11-3-5-12(6-4-11)16-17(24)19-7-8-26-16/h1,3-6,10,13,16,23H,7-9H2,(H,19,24)(H2,20,22,25). The van der Waals surface area contributed by atoms with Crippen LogP contribution in [0.15, 0.2) is 29.6 Å². The third kappa shape index (κ3) is 4.62. The van der Waals surface area contributed by atoms with Crippen molar-refractivity contribution in [1.82, 2.24) is 15.6 Å². The summed E-state index contributed by atoms with van der Waals surface area (Å²) in [6.45, 7) is 0.665. The number of thiazole rings is 1. The molecule has 0 aliphatic carbocycles. The van der Waals surface area contributed by atoms with Crippen LogP contribution in [0.3, 0.4) is 0 Å². The van der Waals surface area contributed by atoms with Gasteiger partial charge in [0.15, 0.2) is 11.1 Å². The molecule has 1 aromatic heterocycles. The molecule has 3 rings (SSSR count). The number of anilines is 1. The maximum Gasteiger partial charge on any atom is 0.320 e. The fourth-order valence-electron chi connectivity index (χ4n) is 2.61. The Hall–Kier alpha value is -2.93. The number of morpholine rings is 1. The van der Waals surface area contributed by atoms with Crippen LogP contribution in [0.4, 0.5) is 10.6 Å². The highest BCUT2D eigenvalue weighted by Crippen LogP contribution is 2.22. The van der Waals surface area contributed by atoms with Crippen LogP contribution in [0.5, 0.6) is 0 Å². The number of aliphatic hydroxyl groups excluding tert-OH is 1. The number of amides is 3. The van der Waals surface area contributed by atoms with E-state index in [-0.39, 0.29) is 12.5 Å². The summed E-state index contributed by atoms with van der Waals surface area (Å²) in [5, 5.41) is 19.7. The molecule has 0 spiro atoms. The highest BCUT2D eigenvalue weighted by atomic mass is 32.1. The number of rotatable bonds is 5. The molecule has 8 nitrogen and oxygen atoms in total. The van der Waals surface area contributed by atoms with Gasteiger partial charge < -0.3 is 20.5 Å². The lowest BCUT2D eigenvalue weighted by molar-refractivity contribution is -0.138. The van der Waals surface area contributed by atoms with Gasteiger partial charge in [-0.1, -0.05) is 24.3 Å². The Balaban J connectivity index is 1.63. The van der Waals surface area contributed by atoms with E-state index in [4.69, 9.17) is 11.2 Å². The van der Waals surface area contributed by atoms with Gasteiger partial charge >= 0.3 is 6.03 Å². The monoisotopic (exact) mass is 386 g/mol. The minimum Gasteiger partial charge on any atom is -0.394 e. The quantitative estimate of drug-likeness (QED) is 0.576. The van der Waals surface area contributed by atoms with E-state index < -0.39 is 18.2 Å². The normalized spacial score (nSPS) is 17.5. The summed E-state index contributed by atoms with van der Waals surface area (Å²) in [5.41, 5.74) is 1.40. The number of aliphatic hydroxyl groups is 1. The predicted molar refractivity (Wildman–Crippen MR) is 100 cm³/mol. The fraction of sp³-hybridized carbons (Fsp3) is 0.278. The third-order valence-corrected chi connectivity index (χ3v) is 4.70. The van der Waals surface area contributed by atoms with Crippen molar-refractivity contribution >= 4 is 29.1 Å². The van der Waals surface area contributed by atoms with Gasteiger partial charge in [0.05, 0.1) is 19.3 Å². The minimum atomic E-state index is -0.647. The largest absolute Gasteiger partial charge is 0.394 e. The molecule has 0 bridgehead atoms. The van der Waals surface area contributed by atoms with Crippen molar-refractivity contribution in [2.24, 2.45) is 0 Å². The zero-order chi connectivity index (χ0) is 19.2. The van der Waals surface area contributed by atoms with Gasteiger partial charge in [0.1, 0.15) is 5.82 Å². The first-order valence-corrected chi connectivity index (χ1v) is 9.08. The van der Waals surface area contributed by atoms with E-state index in [0.29, 0.717) is 35.1 Å². The van der Waals surface area contributed by atoms with Gasteiger partial charge in [-0.05, 0) is 17.0 Å². The lowest BCUT2D eigenvalue weighted by atomic mass is 10.0. The maximum absolute atomic E-state index is 12.1. The molecule has 1 aliphatic rings. The lowest BCUT2D eigenvalue weighted by Crippen LogP contribution is -2.39. The molecule has 1 aromatic carbocycles. The number of carbonyl (C=O) groups excluding carboxylic acids is 2. The van der Waals surface area contributed by atoms with Crippen LogP contribution in [-0.2, 0) is 9.53 Å². The Morgan fingerprint density at radius 1 is 1.48 bits per heavy atom. The highest BCUT2D eigenvalue weighted by molar-refractivity contribution is 7.10. The number of nitrogens with one attached hydrogen (secondary N) is 3. The second kappa shape index (κ2) is 8.64. The second-order valence-electron chi connectivity index (χ2n) is 5.72. The van der Waals surface area contributed by atoms with E-state index in [9.17, 15) is 14.7 Å². The molecule has 2 atom stereocenters. The third-order valence-electron chi connectivity index (χ3n) is 3.92. The zero-order valence-corrected chi connectivity index (χ0v) is 15.1. The Morgan fingerprint density at radius 2 is 2.26 bits per heavy atom. The van der Waals surface area contributed by atoms with Crippen LogP contribution in [0.25, 0.3) is 0 Å². The molecule has 1 fully saturated rings. The average Bonchev–Trinajstić information content (AvgIpc) is 3.14. The SMILES string of the molecule is C#Cc1nc(NC(=O)NC(CO)c2ccc(C3OCCNC3=O)cc2)cs1. The van der Waals surface area contributed by atoms with Crippen molar-refractivity contribution < 1.29 is 19.4 Å². The highest BCUT2D eigenvalue weighted by Gasteiger charge is 2.25. The smallest absolute Gasteiger partial charge is 0.320 e. The Bertz CT molecular complexity index is 859. The van der Waals surface area contributed by atoms with Crippen LogP contribution < -0.4 is 16.0 Å². The predicted octanol–water partition coefficient (Wildman–Crippen LogP) is 1.17. The Kier molecular flexibility index (Phi) is 6.03. The first-order valence-electron chi connectivity index (χ1n) is 8.20. The molecule has 1 aliphatic heterocycles. The number of ether oxygens (including phenoxy) is 1. The summed E-state index contributed by atoms with van der Waals surface area (Å²) >= 11 is 1.24. The summed E-state index contributed by atoms with van der Waals surface area (Å²) in [6.07, 6.45) is 4.60. The maximum atomic E-state index is 12.1. The van der Waals surface area contributed by atoms with Gasteiger partial charge in [-0.3, -0.25) is 10.1 Å². The van der Waals surface area contributed by atoms with E-state index in [2.05, 4.69) is 26.9 Å². The molecule has 2 unspecified atom stereocenters. The number of nitrogens with zero attached hydrogens (tertiary/aromatic N) is 1. The van der Waals surface area contributed by atoms with Crippen molar-refractivity contribution in [3.63, 3.8) is 0 Å². The van der Waals surface area contributed by atoms with Crippen molar-refractivity contribution in [1.29, 1.82) is 0 Å². The van der Waals surface area contributed by atoms with E-state index >= 15 is 0 Å². The second-order valence-corrected chi connectivity index (χ2v) is 6.58. The van der Waals surface area contributed by atoms with Gasteiger partial charge in [-0.25, -0.2) is 9.78 Å². The van der Waals surface area contributed by atoms with Gasteiger partial charge in [-0.15, -0.1) is 17.8 Å². The van der Waals surface area contributed by atoms with Crippen LogP contribution >= 0.6 is 11.3 Å². The van der Waals surface area contributed by atoms with Crippen molar-refractivity contribution in [3.8, 4) is 12.3 Å². The van der Waals surface area contributed by atoms with Gasteiger partial charge in [0.2, 0.25) is 0 Å². The number of aromatic nitrogens is 1. The van der Waals surface area contributed by atoms with Gasteiger partial charge in [0.25, 0.3) is 5.91 Å². The number of carbonyl (C=O) groups is 2. The molecule has 27 heavy (non-hydrogen) atoms. The molecule has 0 radical (unpaired) electrons. The molecular weight excluding hydrogens is 368 g/mol. The van der Waals surface area contributed by atoms with Crippen molar-refractivity contribution in [3.05, 3.63) is 45.8 Å². The summed E-state index contributed by atoms with van der Waals surface area (Å²) in [7, 11) is 0. The fourth-order valence-corrected chi connectivity index (χ4v) is 3.17. The van der Waals surface area contributed by atoms with Crippen molar-refractivity contribution in [2.75, 3.05) is 25.1 Å². The minimum absolute atomic E-state index is 0.181. The molecule has 3 amide bonds. The van der Waals surface area contributed by atoms with Gasteiger partial charge in [0, 0.05) is 11.9 Å². The Labute approximate surface area is 160 Å². The first kappa shape index (κ1) is 18.8. The van der Waals surface area contributed by atoms with Crippen LogP contribution in [0.1, 0.15) is 28.3 Å². The number of benzene rings is 1. The van der Waals surface area contributed by atoms with E-state index in [1.807, 2.05) is 0 Å². The number of terminal acetylenes is 1.